The number of thiophene rings is 1. The Morgan fingerprint density at radius 2 is 2.29 bits per heavy atom. The lowest BCUT2D eigenvalue weighted by atomic mass is 10.4. The standard InChI is InChI=1S/C7H9NO4S2/c1-2-14(11,12)8-5-3-4-13-6(5)7(9)10/h3-4,8H,2H2,1H3,(H,9,10). The van der Waals surface area contributed by atoms with E-state index in [1.165, 1.54) is 18.4 Å². The van der Waals surface area contributed by atoms with Gasteiger partial charge in [-0.25, -0.2) is 13.2 Å². The summed E-state index contributed by atoms with van der Waals surface area (Å²) in [7, 11) is -3.41. The van der Waals surface area contributed by atoms with Crippen molar-refractivity contribution in [2.75, 3.05) is 10.5 Å². The van der Waals surface area contributed by atoms with E-state index in [1.54, 1.807) is 0 Å². The average molecular weight is 235 g/mol. The first kappa shape index (κ1) is 11.0. The van der Waals surface area contributed by atoms with E-state index in [1.807, 2.05) is 0 Å². The highest BCUT2D eigenvalue weighted by Gasteiger charge is 2.15. The SMILES string of the molecule is CCS(=O)(=O)Nc1ccsc1C(=O)O. The molecule has 2 N–H and O–H groups in total. The van der Waals surface area contributed by atoms with E-state index in [9.17, 15) is 13.2 Å². The molecule has 78 valence electrons. The first-order valence-electron chi connectivity index (χ1n) is 3.77. The van der Waals surface area contributed by atoms with Gasteiger partial charge in [0.15, 0.2) is 0 Å². The lowest BCUT2D eigenvalue weighted by molar-refractivity contribution is 0.0703. The van der Waals surface area contributed by atoms with Gasteiger partial charge < -0.3 is 5.11 Å². The number of carboxylic acid groups (broad SMARTS) is 1. The third kappa shape index (κ3) is 2.46. The van der Waals surface area contributed by atoms with Gasteiger partial charge in [0.05, 0.1) is 11.4 Å². The molecular weight excluding hydrogens is 226 g/mol. The zero-order valence-electron chi connectivity index (χ0n) is 7.35. The maximum Gasteiger partial charge on any atom is 0.348 e. The summed E-state index contributed by atoms with van der Waals surface area (Å²) in [4.78, 5) is 10.6. The Hall–Kier alpha value is -1.08. The third-order valence-electron chi connectivity index (χ3n) is 1.50. The van der Waals surface area contributed by atoms with E-state index in [0.29, 0.717) is 0 Å². The molecule has 0 aliphatic carbocycles. The van der Waals surface area contributed by atoms with Crippen molar-refractivity contribution in [3.63, 3.8) is 0 Å². The number of nitrogens with one attached hydrogen (secondary N) is 1. The molecule has 0 aliphatic rings. The highest BCUT2D eigenvalue weighted by molar-refractivity contribution is 7.92. The summed E-state index contributed by atoms with van der Waals surface area (Å²) < 4.78 is 24.5. The van der Waals surface area contributed by atoms with Crippen molar-refractivity contribution in [1.82, 2.24) is 0 Å². The summed E-state index contributed by atoms with van der Waals surface area (Å²) in [5, 5.41) is 10.2. The molecule has 1 aromatic rings. The van der Waals surface area contributed by atoms with Gasteiger partial charge in [-0.1, -0.05) is 0 Å². The van der Waals surface area contributed by atoms with Crippen LogP contribution in [0.25, 0.3) is 0 Å². The molecule has 0 aromatic carbocycles. The Kier molecular flexibility index (Phi) is 3.12. The molecule has 0 atom stereocenters. The second kappa shape index (κ2) is 3.97. The number of aromatic carboxylic acids is 1. The highest BCUT2D eigenvalue weighted by atomic mass is 32.2. The van der Waals surface area contributed by atoms with Gasteiger partial charge >= 0.3 is 5.97 Å². The summed E-state index contributed by atoms with van der Waals surface area (Å²) in [5.41, 5.74) is 0.129. The summed E-state index contributed by atoms with van der Waals surface area (Å²) in [6, 6.07) is 1.43. The first-order valence-corrected chi connectivity index (χ1v) is 6.30. The molecule has 14 heavy (non-hydrogen) atoms. The van der Waals surface area contributed by atoms with Crippen LogP contribution in [0, 0.1) is 0 Å². The van der Waals surface area contributed by atoms with Gasteiger partial charge in [0, 0.05) is 0 Å². The van der Waals surface area contributed by atoms with Crippen molar-refractivity contribution in [3.8, 4) is 0 Å². The number of carbonyl (C=O) groups is 1. The van der Waals surface area contributed by atoms with Crippen LogP contribution in [-0.4, -0.2) is 25.2 Å². The molecule has 0 fully saturated rings. The monoisotopic (exact) mass is 235 g/mol. The zero-order chi connectivity index (χ0) is 10.8. The fourth-order valence-electron chi connectivity index (χ4n) is 0.795. The van der Waals surface area contributed by atoms with Gasteiger partial charge in [0.2, 0.25) is 10.0 Å². The maximum atomic E-state index is 11.1. The van der Waals surface area contributed by atoms with E-state index >= 15 is 0 Å². The average Bonchev–Trinajstić information content (AvgIpc) is 2.51. The first-order chi connectivity index (χ1) is 6.46. The smallest absolute Gasteiger partial charge is 0.348 e. The Bertz CT molecular complexity index is 434. The molecule has 0 aliphatic heterocycles. The van der Waals surface area contributed by atoms with Crippen molar-refractivity contribution in [1.29, 1.82) is 0 Å². The Labute approximate surface area is 85.4 Å². The van der Waals surface area contributed by atoms with Crippen LogP contribution in [0.2, 0.25) is 0 Å². The predicted octanol–water partition coefficient (Wildman–Crippen LogP) is 1.21. The number of anilines is 1. The van der Waals surface area contributed by atoms with Gasteiger partial charge in [-0.3, -0.25) is 4.72 Å². The highest BCUT2D eigenvalue weighted by Crippen LogP contribution is 2.23. The molecule has 0 saturated heterocycles. The molecule has 0 saturated carbocycles. The van der Waals surface area contributed by atoms with E-state index in [-0.39, 0.29) is 16.3 Å². The fraction of sp³-hybridized carbons (Fsp3) is 0.286. The molecule has 0 bridgehead atoms. The number of sulfonamides is 1. The van der Waals surface area contributed by atoms with Gasteiger partial charge in [0.25, 0.3) is 0 Å². The minimum Gasteiger partial charge on any atom is -0.477 e. The van der Waals surface area contributed by atoms with Crippen molar-refractivity contribution >= 4 is 33.0 Å². The molecule has 1 rings (SSSR count). The second-order valence-electron chi connectivity index (χ2n) is 2.47. The number of hydrogen-bond acceptors (Lipinski definition) is 4. The Morgan fingerprint density at radius 1 is 1.64 bits per heavy atom. The Morgan fingerprint density at radius 3 is 2.79 bits per heavy atom. The quantitative estimate of drug-likeness (QED) is 0.821. The van der Waals surface area contributed by atoms with Gasteiger partial charge in [-0.05, 0) is 18.4 Å². The number of hydrogen-bond donors (Lipinski definition) is 2. The number of carboxylic acids is 1. The number of rotatable bonds is 4. The minimum absolute atomic E-state index is 0.00188. The lowest BCUT2D eigenvalue weighted by Crippen LogP contribution is -2.15. The maximum absolute atomic E-state index is 11.1. The molecule has 0 radical (unpaired) electrons. The van der Waals surface area contributed by atoms with Gasteiger partial charge in [-0.15, -0.1) is 11.3 Å². The Balaban J connectivity index is 2.98. The molecule has 0 amide bonds. The van der Waals surface area contributed by atoms with Crippen molar-refractivity contribution in [2.24, 2.45) is 0 Å². The van der Waals surface area contributed by atoms with Crippen molar-refractivity contribution < 1.29 is 18.3 Å². The van der Waals surface area contributed by atoms with Crippen LogP contribution >= 0.6 is 11.3 Å². The minimum atomic E-state index is -3.41. The summed E-state index contributed by atoms with van der Waals surface area (Å²) in [6.45, 7) is 1.48. The van der Waals surface area contributed by atoms with Crippen molar-refractivity contribution in [3.05, 3.63) is 16.3 Å². The molecule has 7 heteroatoms. The van der Waals surface area contributed by atoms with E-state index in [0.717, 1.165) is 11.3 Å². The second-order valence-corrected chi connectivity index (χ2v) is 5.40. The van der Waals surface area contributed by atoms with Crippen LogP contribution < -0.4 is 4.72 Å². The van der Waals surface area contributed by atoms with Gasteiger partial charge in [-0.2, -0.15) is 0 Å². The van der Waals surface area contributed by atoms with E-state index in [2.05, 4.69) is 4.72 Å². The van der Waals surface area contributed by atoms with Crippen LogP contribution in [0.1, 0.15) is 16.6 Å². The molecule has 1 heterocycles. The molecule has 0 unspecified atom stereocenters. The summed E-state index contributed by atoms with van der Waals surface area (Å²) in [5.74, 6) is -1.21. The van der Waals surface area contributed by atoms with Crippen LogP contribution in [0.3, 0.4) is 0 Å². The third-order valence-corrected chi connectivity index (χ3v) is 3.70. The summed E-state index contributed by atoms with van der Waals surface area (Å²) in [6.07, 6.45) is 0. The zero-order valence-corrected chi connectivity index (χ0v) is 8.98. The molecular formula is C7H9NO4S2. The van der Waals surface area contributed by atoms with Gasteiger partial charge in [0.1, 0.15) is 4.88 Å². The van der Waals surface area contributed by atoms with Crippen LogP contribution in [0.15, 0.2) is 11.4 Å². The normalized spacial score (nSPS) is 11.2. The molecule has 5 nitrogen and oxygen atoms in total. The van der Waals surface area contributed by atoms with Crippen molar-refractivity contribution in [2.45, 2.75) is 6.92 Å². The van der Waals surface area contributed by atoms with Crippen LogP contribution in [0.4, 0.5) is 5.69 Å². The van der Waals surface area contributed by atoms with Crippen LogP contribution in [0.5, 0.6) is 0 Å². The van der Waals surface area contributed by atoms with E-state index in [4.69, 9.17) is 5.11 Å². The summed E-state index contributed by atoms with van der Waals surface area (Å²) >= 11 is 0.982. The lowest BCUT2D eigenvalue weighted by Gasteiger charge is -2.03. The fourth-order valence-corrected chi connectivity index (χ4v) is 2.20. The topological polar surface area (TPSA) is 83.5 Å². The van der Waals surface area contributed by atoms with E-state index < -0.39 is 16.0 Å². The van der Waals surface area contributed by atoms with Crippen LogP contribution in [-0.2, 0) is 10.0 Å². The largest absolute Gasteiger partial charge is 0.477 e. The predicted molar refractivity (Wildman–Crippen MR) is 54.4 cm³/mol. The molecule has 0 spiro atoms. The molecule has 1 aromatic heterocycles.